The second-order valence-electron chi connectivity index (χ2n) is 17.2. The third-order valence-corrected chi connectivity index (χ3v) is 12.6. The minimum absolute atomic E-state index is 0.00556. The predicted octanol–water partition coefficient (Wildman–Crippen LogP) is 17.7. The second-order valence-corrected chi connectivity index (χ2v) is 17.2. The predicted molar refractivity (Wildman–Crippen MR) is 246 cm³/mol. The molecule has 4 nitrogen and oxygen atoms in total. The number of benzene rings is 8. The average molecular weight is 1030 g/mol. The van der Waals surface area contributed by atoms with Gasteiger partial charge in [0, 0.05) is 21.5 Å². The van der Waals surface area contributed by atoms with Crippen LogP contribution in [0.25, 0.3) is 88.4 Å². The van der Waals surface area contributed by atoms with Crippen LogP contribution in [0.4, 0.5) is 65.9 Å². The maximum absolute atomic E-state index is 14.5. The summed E-state index contributed by atoms with van der Waals surface area (Å²) >= 11 is 0. The monoisotopic (exact) mass is 1030 g/mol. The summed E-state index contributed by atoms with van der Waals surface area (Å²) in [6, 6.07) is 32.3. The van der Waals surface area contributed by atoms with Gasteiger partial charge in [0.15, 0.2) is 0 Å². The van der Waals surface area contributed by atoms with Crippen LogP contribution in [0.2, 0.25) is 0 Å². The number of nitrogens with zero attached hydrogens (tertiary/aromatic N) is 4. The standard InChI is InChI=1S/C55H25F15N4/c56-51(57,58)35-14-28(26-71)13-31(15-35)34-22-49(73-45-7-3-1-5-40(45)42-20-29(9-11-47(42)73)32-16-36(52(59,60)61)24-37(17-32)53(62,63)64)44(27-72)50(23-34)74-46-8-4-2-6-41(46)43-21-30(10-12-48(43)74)33-18-38(54(65,66)67)25-39(19-33)55(68,69)70/h1-25H. The van der Waals surface area contributed by atoms with E-state index in [4.69, 9.17) is 0 Å². The summed E-state index contributed by atoms with van der Waals surface area (Å²) in [5.41, 5.74) is -8.14. The molecule has 0 fully saturated rings. The van der Waals surface area contributed by atoms with Gasteiger partial charge in [-0.15, -0.1) is 0 Å². The Bertz CT molecular complexity index is 3760. The molecule has 0 saturated heterocycles. The van der Waals surface area contributed by atoms with Crippen LogP contribution < -0.4 is 0 Å². The lowest BCUT2D eigenvalue weighted by molar-refractivity contribution is -0.144. The summed E-state index contributed by atoms with van der Waals surface area (Å²) in [6.45, 7) is 0. The van der Waals surface area contributed by atoms with E-state index in [9.17, 15) is 76.4 Å². The Morgan fingerprint density at radius 3 is 0.973 bits per heavy atom. The SMILES string of the molecule is N#Cc1cc(-c2cc(-n3c4ccccc4c4cc(-c5cc(C(F)(F)F)cc(C(F)(F)F)c5)ccc43)c(C#N)c(-n3c4ccccc4c4cc(-c5cc(C(F)(F)F)cc(C(F)(F)F)c5)ccc43)c2)cc(C(F)(F)F)c1. The van der Waals surface area contributed by atoms with Crippen LogP contribution in [0, 0.1) is 22.7 Å². The summed E-state index contributed by atoms with van der Waals surface area (Å²) in [5, 5.41) is 22.5. The van der Waals surface area contributed by atoms with Gasteiger partial charge < -0.3 is 9.13 Å². The van der Waals surface area contributed by atoms with Crippen molar-refractivity contribution in [3.8, 4) is 56.9 Å². The highest BCUT2D eigenvalue weighted by Crippen LogP contribution is 2.46. The highest BCUT2D eigenvalue weighted by Gasteiger charge is 2.39. The molecule has 2 heterocycles. The molecular formula is C55H25F15N4. The fourth-order valence-electron chi connectivity index (χ4n) is 9.34. The quantitative estimate of drug-likeness (QED) is 0.161. The molecule has 370 valence electrons. The first kappa shape index (κ1) is 48.9. The highest BCUT2D eigenvalue weighted by atomic mass is 19.4. The zero-order valence-electron chi connectivity index (χ0n) is 36.9. The molecule has 74 heavy (non-hydrogen) atoms. The van der Waals surface area contributed by atoms with E-state index in [0.717, 1.165) is 6.07 Å². The van der Waals surface area contributed by atoms with Crippen molar-refractivity contribution in [2.75, 3.05) is 0 Å². The Balaban J connectivity index is 1.28. The van der Waals surface area contributed by atoms with E-state index < -0.39 is 75.4 Å². The first-order valence-corrected chi connectivity index (χ1v) is 21.6. The zero-order chi connectivity index (χ0) is 53.0. The molecule has 10 rings (SSSR count). The number of alkyl halides is 15. The highest BCUT2D eigenvalue weighted by molar-refractivity contribution is 6.12. The molecule has 19 heteroatoms. The number of halogens is 15. The molecule has 0 amide bonds. The average Bonchev–Trinajstić information content (AvgIpc) is 3.86. The van der Waals surface area contributed by atoms with Gasteiger partial charge in [0.2, 0.25) is 0 Å². The van der Waals surface area contributed by atoms with Crippen molar-refractivity contribution in [3.63, 3.8) is 0 Å². The van der Waals surface area contributed by atoms with Crippen LogP contribution >= 0.6 is 0 Å². The Hall–Kier alpha value is -8.71. The molecule has 0 atom stereocenters. The Morgan fingerprint density at radius 1 is 0.297 bits per heavy atom. The van der Waals surface area contributed by atoms with Gasteiger partial charge in [0.1, 0.15) is 11.6 Å². The van der Waals surface area contributed by atoms with Gasteiger partial charge in [0.25, 0.3) is 0 Å². The van der Waals surface area contributed by atoms with Crippen LogP contribution in [0.1, 0.15) is 38.9 Å². The summed E-state index contributed by atoms with van der Waals surface area (Å²) in [6.07, 6.45) is -25.6. The van der Waals surface area contributed by atoms with Crippen molar-refractivity contribution < 1.29 is 65.9 Å². The largest absolute Gasteiger partial charge is 0.416 e. The molecule has 0 saturated carbocycles. The van der Waals surface area contributed by atoms with Crippen molar-refractivity contribution >= 4 is 43.6 Å². The van der Waals surface area contributed by atoms with Crippen molar-refractivity contribution in [1.29, 1.82) is 10.5 Å². The zero-order valence-corrected chi connectivity index (χ0v) is 36.9. The molecule has 0 spiro atoms. The number of nitriles is 2. The molecule has 10 aromatic rings. The topological polar surface area (TPSA) is 57.4 Å². The summed E-state index contributed by atoms with van der Waals surface area (Å²) in [5.74, 6) is 0. The number of fused-ring (bicyclic) bond motifs is 6. The number of hydrogen-bond acceptors (Lipinski definition) is 2. The summed E-state index contributed by atoms with van der Waals surface area (Å²) in [7, 11) is 0. The van der Waals surface area contributed by atoms with Crippen molar-refractivity contribution in [3.05, 3.63) is 191 Å². The number of rotatable bonds is 5. The van der Waals surface area contributed by atoms with E-state index in [1.807, 2.05) is 0 Å². The molecule has 0 unspecified atom stereocenters. The Kier molecular flexibility index (Phi) is 11.2. The summed E-state index contributed by atoms with van der Waals surface area (Å²) in [4.78, 5) is 0. The third-order valence-electron chi connectivity index (χ3n) is 12.6. The molecular weight excluding hydrogens is 1000 g/mol. The van der Waals surface area contributed by atoms with Gasteiger partial charge >= 0.3 is 30.9 Å². The van der Waals surface area contributed by atoms with Crippen molar-refractivity contribution in [1.82, 2.24) is 9.13 Å². The van der Waals surface area contributed by atoms with Gasteiger partial charge in [0.05, 0.1) is 72.9 Å². The lowest BCUT2D eigenvalue weighted by Crippen LogP contribution is -2.11. The van der Waals surface area contributed by atoms with Crippen LogP contribution in [0.5, 0.6) is 0 Å². The van der Waals surface area contributed by atoms with E-state index in [2.05, 4.69) is 6.07 Å². The van der Waals surface area contributed by atoms with Crippen LogP contribution in [-0.2, 0) is 30.9 Å². The van der Waals surface area contributed by atoms with E-state index >= 15 is 0 Å². The maximum Gasteiger partial charge on any atom is 0.416 e. The molecule has 0 N–H and O–H groups in total. The normalized spacial score (nSPS) is 12.8. The molecule has 0 aliphatic rings. The number of hydrogen-bond donors (Lipinski definition) is 0. The minimum Gasteiger partial charge on any atom is -0.308 e. The van der Waals surface area contributed by atoms with E-state index in [1.54, 1.807) is 54.6 Å². The Morgan fingerprint density at radius 2 is 0.622 bits per heavy atom. The van der Waals surface area contributed by atoms with Crippen molar-refractivity contribution in [2.45, 2.75) is 30.9 Å². The summed E-state index contributed by atoms with van der Waals surface area (Å²) < 4.78 is 215. The molecule has 0 aliphatic heterocycles. The number of para-hydroxylation sites is 2. The van der Waals surface area contributed by atoms with Gasteiger partial charge in [-0.2, -0.15) is 76.4 Å². The smallest absolute Gasteiger partial charge is 0.308 e. The van der Waals surface area contributed by atoms with Crippen LogP contribution in [-0.4, -0.2) is 9.13 Å². The molecule has 2 aromatic heterocycles. The fourth-order valence-corrected chi connectivity index (χ4v) is 9.34. The second kappa shape index (κ2) is 16.9. The van der Waals surface area contributed by atoms with Gasteiger partial charge in [-0.1, -0.05) is 48.5 Å². The number of aromatic nitrogens is 2. The molecule has 0 bridgehead atoms. The molecule has 8 aromatic carbocycles. The van der Waals surface area contributed by atoms with Crippen LogP contribution in [0.15, 0.2) is 152 Å². The van der Waals surface area contributed by atoms with Crippen LogP contribution in [0.3, 0.4) is 0 Å². The molecule has 0 aliphatic carbocycles. The molecule has 0 radical (unpaired) electrons. The maximum atomic E-state index is 14.5. The third kappa shape index (κ3) is 8.57. The lowest BCUT2D eigenvalue weighted by Gasteiger charge is -2.19. The first-order valence-electron chi connectivity index (χ1n) is 21.6. The lowest BCUT2D eigenvalue weighted by atomic mass is 9.96. The first-order chi connectivity index (χ1) is 34.7. The van der Waals surface area contributed by atoms with Gasteiger partial charge in [-0.05, 0) is 137 Å². The van der Waals surface area contributed by atoms with E-state index in [-0.39, 0.29) is 73.1 Å². The van der Waals surface area contributed by atoms with Crippen molar-refractivity contribution in [2.24, 2.45) is 0 Å². The Labute approximate surface area is 406 Å². The minimum atomic E-state index is -5.16. The van der Waals surface area contributed by atoms with Gasteiger partial charge in [-0.3, -0.25) is 0 Å². The van der Waals surface area contributed by atoms with Gasteiger partial charge in [-0.25, -0.2) is 0 Å². The van der Waals surface area contributed by atoms with E-state index in [0.29, 0.717) is 52.1 Å². The van der Waals surface area contributed by atoms with E-state index in [1.165, 1.54) is 63.7 Å². The fraction of sp³-hybridized carbons (Fsp3) is 0.0909.